The molecule has 0 radical (unpaired) electrons. The Morgan fingerprint density at radius 3 is 1.98 bits per heavy atom. The van der Waals surface area contributed by atoms with Crippen molar-refractivity contribution >= 4 is 35.0 Å². The molecule has 0 saturated carbocycles. The number of ether oxygens (including phenoxy) is 2. The van der Waals surface area contributed by atoms with Crippen LogP contribution in [-0.4, -0.2) is 53.0 Å². The van der Waals surface area contributed by atoms with Crippen molar-refractivity contribution in [3.63, 3.8) is 0 Å². The van der Waals surface area contributed by atoms with E-state index in [1.54, 1.807) is 0 Å². The Labute approximate surface area is 259 Å². The van der Waals surface area contributed by atoms with Gasteiger partial charge in [-0.1, -0.05) is 0 Å². The Morgan fingerprint density at radius 1 is 0.833 bits per heavy atom. The summed E-state index contributed by atoms with van der Waals surface area (Å²) in [6, 6.07) is 22.0. The second-order valence-corrected chi connectivity index (χ2v) is 26.9. The molecule has 3 aromatic rings. The maximum absolute atomic E-state index is 6.21. The third-order valence-electron chi connectivity index (χ3n) is 8.86. The molecule has 0 amide bonds. The zero-order chi connectivity index (χ0) is 30.0. The number of rotatable bonds is 17. The van der Waals surface area contributed by atoms with E-state index in [0.717, 1.165) is 41.1 Å². The molecule has 1 aliphatic rings. The average Bonchev–Trinajstić information content (AvgIpc) is 3.37. The van der Waals surface area contributed by atoms with Gasteiger partial charge in [0, 0.05) is 0 Å². The van der Waals surface area contributed by atoms with Crippen molar-refractivity contribution in [2.45, 2.75) is 105 Å². The molecule has 1 heterocycles. The fraction of sp³-hybridized carbons (Fsp3) is 0.541. The predicted molar refractivity (Wildman–Crippen MR) is 183 cm³/mol. The molecule has 0 aromatic heterocycles. The minimum absolute atomic E-state index is 0.207. The first-order chi connectivity index (χ1) is 20.3. The SMILES string of the molecule is CCC[CH2][Sn]([CH2]CCC)([CH2]CCC)[CH2]N(Cc1ccccc1)Cc1cc(C2=NC(C)(C)CO2)c2ccccc2c1OC. The average molecular weight is 678 g/mol. The van der Waals surface area contributed by atoms with Crippen LogP contribution in [-0.2, 0) is 17.8 Å². The number of hydrogen-bond acceptors (Lipinski definition) is 4. The summed E-state index contributed by atoms with van der Waals surface area (Å²) < 4.78 is 18.2. The summed E-state index contributed by atoms with van der Waals surface area (Å²) in [5.41, 5.74) is 3.51. The van der Waals surface area contributed by atoms with Crippen molar-refractivity contribution in [3.8, 4) is 5.75 Å². The van der Waals surface area contributed by atoms with Crippen LogP contribution in [0.15, 0.2) is 65.7 Å². The molecule has 0 saturated heterocycles. The van der Waals surface area contributed by atoms with Gasteiger partial charge in [-0.15, -0.1) is 0 Å². The van der Waals surface area contributed by atoms with E-state index < -0.39 is 18.4 Å². The van der Waals surface area contributed by atoms with Gasteiger partial charge in [-0.25, -0.2) is 0 Å². The Balaban J connectivity index is 1.80. The monoisotopic (exact) mass is 678 g/mol. The summed E-state index contributed by atoms with van der Waals surface area (Å²) in [6.07, 6.45) is 8.07. The molecule has 0 fully saturated rings. The molecule has 3 aromatic carbocycles. The second kappa shape index (κ2) is 15.6. The predicted octanol–water partition coefficient (Wildman–Crippen LogP) is 9.79. The molecule has 0 N–H and O–H groups in total. The van der Waals surface area contributed by atoms with Crippen molar-refractivity contribution in [2.24, 2.45) is 4.99 Å². The Morgan fingerprint density at radius 2 is 1.43 bits per heavy atom. The van der Waals surface area contributed by atoms with Crippen LogP contribution in [0.4, 0.5) is 0 Å². The van der Waals surface area contributed by atoms with E-state index in [2.05, 4.69) is 100 Å². The van der Waals surface area contributed by atoms with Crippen molar-refractivity contribution in [2.75, 3.05) is 18.3 Å². The Bertz CT molecular complexity index is 1280. The van der Waals surface area contributed by atoms with Crippen LogP contribution in [0.5, 0.6) is 5.75 Å². The van der Waals surface area contributed by atoms with E-state index in [4.69, 9.17) is 14.5 Å². The number of unbranched alkanes of at least 4 members (excludes halogenated alkanes) is 3. The van der Waals surface area contributed by atoms with Gasteiger partial charge in [0.05, 0.1) is 0 Å². The van der Waals surface area contributed by atoms with Crippen LogP contribution >= 0.6 is 0 Å². The number of nitrogens with zero attached hydrogens (tertiary/aromatic N) is 2. The van der Waals surface area contributed by atoms with Crippen LogP contribution in [0.1, 0.15) is 89.8 Å². The first-order valence-corrected chi connectivity index (χ1v) is 24.5. The Hall–Kier alpha value is -2.05. The van der Waals surface area contributed by atoms with Gasteiger partial charge in [-0.3, -0.25) is 0 Å². The molecule has 0 atom stereocenters. The number of methoxy groups -OCH3 is 1. The molecule has 42 heavy (non-hydrogen) atoms. The van der Waals surface area contributed by atoms with Crippen LogP contribution in [0.3, 0.4) is 0 Å². The standard InChI is InChI=1S/C25H27N2O2.3C4H9.Sn/c1-25(2)17-29-24(26-25)22-14-19(16-27(3)15-18-10-6-5-7-11-18)23(28-4)21-13-9-8-12-20(21)22;3*1-3-4-2;/h5-14H,3,15-17H2,1-2,4H3;3*1,3-4H2,2H3;. The summed E-state index contributed by atoms with van der Waals surface area (Å²) in [4.78, 5) is 7.79. The molecule has 4 nitrogen and oxygen atoms in total. The molecule has 228 valence electrons. The molecular weight excluding hydrogens is 623 g/mol. The van der Waals surface area contributed by atoms with Gasteiger partial charge in [0.2, 0.25) is 0 Å². The molecular formula is C37H54N2O2Sn. The fourth-order valence-corrected chi connectivity index (χ4v) is 22.9. The van der Waals surface area contributed by atoms with E-state index >= 15 is 0 Å². The van der Waals surface area contributed by atoms with E-state index in [-0.39, 0.29) is 5.54 Å². The van der Waals surface area contributed by atoms with E-state index in [9.17, 15) is 0 Å². The van der Waals surface area contributed by atoms with E-state index in [0.29, 0.717) is 6.61 Å². The summed E-state index contributed by atoms with van der Waals surface area (Å²) in [5, 5.41) is 2.28. The zero-order valence-electron chi connectivity index (χ0n) is 27.2. The number of fused-ring (bicyclic) bond motifs is 1. The van der Waals surface area contributed by atoms with E-state index in [1.807, 2.05) is 7.11 Å². The van der Waals surface area contributed by atoms with Gasteiger partial charge >= 0.3 is 261 Å². The molecule has 0 aliphatic carbocycles. The normalized spacial score (nSPS) is 14.8. The van der Waals surface area contributed by atoms with Gasteiger partial charge in [0.15, 0.2) is 0 Å². The number of benzene rings is 3. The first-order valence-electron chi connectivity index (χ1n) is 16.4. The van der Waals surface area contributed by atoms with Crippen molar-refractivity contribution in [1.82, 2.24) is 4.90 Å². The van der Waals surface area contributed by atoms with E-state index in [1.165, 1.54) is 67.5 Å². The molecule has 5 heteroatoms. The molecule has 1 aliphatic heterocycles. The summed E-state index contributed by atoms with van der Waals surface area (Å²) >= 11 is -2.48. The number of hydrogen-bond donors (Lipinski definition) is 0. The van der Waals surface area contributed by atoms with Gasteiger partial charge in [0.1, 0.15) is 0 Å². The van der Waals surface area contributed by atoms with Gasteiger partial charge in [-0.05, 0) is 0 Å². The summed E-state index contributed by atoms with van der Waals surface area (Å²) in [5.74, 6) is 1.75. The molecule has 0 bridgehead atoms. The van der Waals surface area contributed by atoms with Crippen LogP contribution in [0.25, 0.3) is 10.8 Å². The fourth-order valence-electron chi connectivity index (χ4n) is 6.66. The van der Waals surface area contributed by atoms with Crippen molar-refractivity contribution in [3.05, 3.63) is 77.4 Å². The van der Waals surface area contributed by atoms with Gasteiger partial charge in [-0.2, -0.15) is 0 Å². The zero-order valence-corrected chi connectivity index (χ0v) is 30.0. The topological polar surface area (TPSA) is 34.1 Å². The third kappa shape index (κ3) is 8.53. The maximum atomic E-state index is 6.21. The van der Waals surface area contributed by atoms with Crippen LogP contribution in [0.2, 0.25) is 13.3 Å². The van der Waals surface area contributed by atoms with Gasteiger partial charge < -0.3 is 0 Å². The van der Waals surface area contributed by atoms with Crippen molar-refractivity contribution in [1.29, 1.82) is 0 Å². The van der Waals surface area contributed by atoms with Crippen LogP contribution in [0, 0.1) is 0 Å². The molecule has 0 unspecified atom stereocenters. The Kier molecular flexibility index (Phi) is 12.2. The second-order valence-electron chi connectivity index (χ2n) is 13.1. The first kappa shape index (κ1) is 32.9. The number of aliphatic imine (C=N–C) groups is 1. The van der Waals surface area contributed by atoms with Crippen molar-refractivity contribution < 1.29 is 9.47 Å². The van der Waals surface area contributed by atoms with Gasteiger partial charge in [0.25, 0.3) is 0 Å². The minimum atomic E-state index is -2.48. The summed E-state index contributed by atoms with van der Waals surface area (Å²) in [7, 11) is 1.83. The quantitative estimate of drug-likeness (QED) is 0.134. The third-order valence-corrected chi connectivity index (χ3v) is 24.2. The summed E-state index contributed by atoms with van der Waals surface area (Å²) in [6.45, 7) is 13.8. The molecule has 0 spiro atoms. The van der Waals surface area contributed by atoms with Crippen LogP contribution < -0.4 is 4.74 Å². The molecule has 4 rings (SSSR count).